The number of furan rings is 1. The van der Waals surface area contributed by atoms with Crippen LogP contribution in [0.15, 0.2) is 67.9 Å². The molecule has 6 rings (SSSR count). The molecule has 226 valence electrons. The topological polar surface area (TPSA) is 135 Å². The minimum atomic E-state index is -0.799. The molecule has 0 amide bonds. The largest absolute Gasteiger partial charge is 0.463 e. The van der Waals surface area contributed by atoms with Crippen LogP contribution < -0.4 is 24.4 Å². The van der Waals surface area contributed by atoms with Gasteiger partial charge in [0.15, 0.2) is 16.3 Å². The summed E-state index contributed by atoms with van der Waals surface area (Å²) in [7, 11) is 0. The van der Waals surface area contributed by atoms with Gasteiger partial charge >= 0.3 is 5.97 Å². The molecule has 4 heterocycles. The fourth-order valence-corrected chi connectivity index (χ4v) is 6.41. The van der Waals surface area contributed by atoms with Crippen molar-refractivity contribution in [2.45, 2.75) is 46.6 Å². The van der Waals surface area contributed by atoms with Crippen molar-refractivity contribution < 1.29 is 28.3 Å². The Kier molecular flexibility index (Phi) is 7.68. The Labute approximate surface area is 255 Å². The van der Waals surface area contributed by atoms with Crippen LogP contribution in [0.3, 0.4) is 0 Å². The molecule has 12 heteroatoms. The first-order chi connectivity index (χ1) is 21.2. The number of nitrogens with zero attached hydrogens (tertiary/aromatic N) is 3. The van der Waals surface area contributed by atoms with E-state index in [0.29, 0.717) is 66.7 Å². The molecule has 0 radical (unpaired) electrons. The van der Waals surface area contributed by atoms with E-state index in [-0.39, 0.29) is 24.6 Å². The summed E-state index contributed by atoms with van der Waals surface area (Å²) in [5, 5.41) is 11.6. The highest BCUT2D eigenvalue weighted by atomic mass is 32.1. The number of hydrogen-bond donors (Lipinski definition) is 0. The quantitative estimate of drug-likeness (QED) is 0.152. The number of rotatable bonds is 8. The molecule has 0 N–H and O–H groups in total. The number of esters is 1. The van der Waals surface area contributed by atoms with Crippen LogP contribution in [0.25, 0.3) is 17.4 Å². The Bertz CT molecular complexity index is 2030. The summed E-state index contributed by atoms with van der Waals surface area (Å²) in [6.07, 6.45) is 2.87. The SMILES string of the molecule is CCCC1=C(C(=O)OCC)C(c2ccc3c(c2)OCO3)n2c(s/c(=C\c3ccc(-c4cc(C)c(C)c([N+](=O)[O-])c4)o3)c2=O)=N1. The Morgan fingerprint density at radius 3 is 2.70 bits per heavy atom. The average molecular weight is 616 g/mol. The van der Waals surface area contributed by atoms with E-state index in [9.17, 15) is 19.7 Å². The van der Waals surface area contributed by atoms with Crippen molar-refractivity contribution in [3.05, 3.63) is 106 Å². The van der Waals surface area contributed by atoms with Gasteiger partial charge in [0.2, 0.25) is 6.79 Å². The molecule has 2 aliphatic rings. The molecular weight excluding hydrogens is 586 g/mol. The molecule has 1 unspecified atom stereocenters. The second kappa shape index (κ2) is 11.6. The second-order valence-electron chi connectivity index (χ2n) is 10.4. The third-order valence-corrected chi connectivity index (χ3v) is 8.61. The average Bonchev–Trinajstić information content (AvgIpc) is 3.73. The number of aryl methyl sites for hydroxylation is 1. The zero-order valence-corrected chi connectivity index (χ0v) is 25.4. The molecule has 2 aromatic carbocycles. The van der Waals surface area contributed by atoms with Gasteiger partial charge in [0.05, 0.1) is 33.4 Å². The van der Waals surface area contributed by atoms with Gasteiger partial charge in [0.25, 0.3) is 11.2 Å². The van der Waals surface area contributed by atoms with Gasteiger partial charge in [-0.25, -0.2) is 9.79 Å². The smallest absolute Gasteiger partial charge is 0.338 e. The van der Waals surface area contributed by atoms with Crippen molar-refractivity contribution >= 4 is 29.1 Å². The van der Waals surface area contributed by atoms with E-state index in [1.54, 1.807) is 44.2 Å². The van der Waals surface area contributed by atoms with E-state index in [1.165, 1.54) is 22.0 Å². The maximum absolute atomic E-state index is 14.0. The fraction of sp³-hybridized carbons (Fsp3) is 0.281. The normalized spacial score (nSPS) is 15.7. The number of nitro benzene ring substituents is 1. The molecule has 2 aliphatic heterocycles. The summed E-state index contributed by atoms with van der Waals surface area (Å²) < 4.78 is 24.4. The van der Waals surface area contributed by atoms with Crippen molar-refractivity contribution in [3.63, 3.8) is 0 Å². The number of thiazole rings is 1. The minimum Gasteiger partial charge on any atom is -0.463 e. The van der Waals surface area contributed by atoms with Crippen LogP contribution in [0, 0.1) is 24.0 Å². The molecule has 1 atom stereocenters. The molecule has 0 bridgehead atoms. The molecule has 4 aromatic rings. The number of carbonyl (C=O) groups excluding carboxylic acids is 1. The third-order valence-electron chi connectivity index (χ3n) is 7.63. The van der Waals surface area contributed by atoms with Gasteiger partial charge in [0, 0.05) is 23.3 Å². The first-order valence-electron chi connectivity index (χ1n) is 14.2. The maximum atomic E-state index is 14.0. The number of carbonyl (C=O) groups is 1. The van der Waals surface area contributed by atoms with E-state index >= 15 is 0 Å². The first-order valence-corrected chi connectivity index (χ1v) is 15.0. The van der Waals surface area contributed by atoms with Crippen molar-refractivity contribution in [1.29, 1.82) is 0 Å². The molecule has 0 fully saturated rings. The lowest BCUT2D eigenvalue weighted by molar-refractivity contribution is -0.385. The zero-order chi connectivity index (χ0) is 31.1. The summed E-state index contributed by atoms with van der Waals surface area (Å²) in [6.45, 7) is 7.50. The lowest BCUT2D eigenvalue weighted by Gasteiger charge is -2.25. The molecule has 11 nitrogen and oxygen atoms in total. The Hall–Kier alpha value is -4.97. The van der Waals surface area contributed by atoms with Crippen molar-refractivity contribution in [2.75, 3.05) is 13.4 Å². The van der Waals surface area contributed by atoms with Crippen LogP contribution >= 0.6 is 11.3 Å². The highest BCUT2D eigenvalue weighted by Crippen LogP contribution is 2.39. The lowest BCUT2D eigenvalue weighted by atomic mass is 9.94. The number of benzene rings is 2. The van der Waals surface area contributed by atoms with Gasteiger partial charge in [-0.05, 0) is 68.7 Å². The minimum absolute atomic E-state index is 0.00932. The standard InChI is InChI=1S/C32H29N3O8S/c1-5-7-22-28(31(37)40-6-2)29(19-8-10-25-26(14-19)42-16-41-25)34-30(36)27(44-32(34)33-22)15-21-9-11-24(43-21)20-12-17(3)18(4)23(13-20)35(38)39/h8-15,29H,5-7,16H2,1-4H3/b27-15-. The van der Waals surface area contributed by atoms with E-state index in [2.05, 4.69) is 0 Å². The van der Waals surface area contributed by atoms with Crippen molar-refractivity contribution in [2.24, 2.45) is 4.99 Å². The van der Waals surface area contributed by atoms with E-state index in [4.69, 9.17) is 23.6 Å². The Morgan fingerprint density at radius 1 is 1.16 bits per heavy atom. The van der Waals surface area contributed by atoms with Gasteiger partial charge in [-0.2, -0.15) is 0 Å². The number of hydrogen-bond acceptors (Lipinski definition) is 10. The lowest BCUT2D eigenvalue weighted by Crippen LogP contribution is -2.40. The molecule has 0 aliphatic carbocycles. The predicted molar refractivity (Wildman–Crippen MR) is 162 cm³/mol. The zero-order valence-electron chi connectivity index (χ0n) is 24.5. The van der Waals surface area contributed by atoms with Crippen LogP contribution in [0.5, 0.6) is 11.5 Å². The summed E-state index contributed by atoms with van der Waals surface area (Å²) in [6, 6.07) is 11.3. The van der Waals surface area contributed by atoms with Gasteiger partial charge in [0.1, 0.15) is 11.5 Å². The summed E-state index contributed by atoms with van der Waals surface area (Å²) in [5.41, 5.74) is 3.11. The molecule has 0 spiro atoms. The maximum Gasteiger partial charge on any atom is 0.338 e. The number of nitro groups is 1. The predicted octanol–water partition coefficient (Wildman–Crippen LogP) is 5.09. The van der Waals surface area contributed by atoms with E-state index in [1.807, 2.05) is 26.0 Å². The highest BCUT2D eigenvalue weighted by molar-refractivity contribution is 7.07. The Balaban J connectivity index is 1.49. The Morgan fingerprint density at radius 2 is 1.95 bits per heavy atom. The van der Waals surface area contributed by atoms with Gasteiger partial charge < -0.3 is 18.6 Å². The molecule has 44 heavy (non-hydrogen) atoms. The summed E-state index contributed by atoms with van der Waals surface area (Å²) in [4.78, 5) is 43.8. The summed E-state index contributed by atoms with van der Waals surface area (Å²) >= 11 is 1.19. The van der Waals surface area contributed by atoms with Gasteiger partial charge in [-0.3, -0.25) is 19.5 Å². The van der Waals surface area contributed by atoms with Gasteiger partial charge in [-0.15, -0.1) is 0 Å². The van der Waals surface area contributed by atoms with Crippen LogP contribution in [0.1, 0.15) is 55.2 Å². The van der Waals surface area contributed by atoms with Crippen molar-refractivity contribution in [3.8, 4) is 22.8 Å². The van der Waals surface area contributed by atoms with Crippen LogP contribution in [-0.4, -0.2) is 28.9 Å². The molecular formula is C32H29N3O8S. The van der Waals surface area contributed by atoms with Gasteiger partial charge in [-0.1, -0.05) is 30.7 Å². The summed E-state index contributed by atoms with van der Waals surface area (Å²) in [5.74, 6) is 1.40. The monoisotopic (exact) mass is 615 g/mol. The van der Waals surface area contributed by atoms with E-state index < -0.39 is 16.9 Å². The van der Waals surface area contributed by atoms with Crippen LogP contribution in [-0.2, 0) is 9.53 Å². The second-order valence-corrected chi connectivity index (χ2v) is 11.4. The number of ether oxygens (including phenoxy) is 3. The molecule has 0 saturated heterocycles. The fourth-order valence-electron chi connectivity index (χ4n) is 5.41. The highest BCUT2D eigenvalue weighted by Gasteiger charge is 2.35. The molecule has 0 saturated carbocycles. The molecule has 2 aromatic heterocycles. The first kappa shape index (κ1) is 29.1. The van der Waals surface area contributed by atoms with Crippen LogP contribution in [0.2, 0.25) is 0 Å². The number of allylic oxidation sites excluding steroid dienone is 1. The van der Waals surface area contributed by atoms with Crippen LogP contribution in [0.4, 0.5) is 5.69 Å². The third kappa shape index (κ3) is 5.11. The van der Waals surface area contributed by atoms with Crippen molar-refractivity contribution in [1.82, 2.24) is 4.57 Å². The van der Waals surface area contributed by atoms with E-state index in [0.717, 1.165) is 12.0 Å². The number of fused-ring (bicyclic) bond motifs is 2. The number of aromatic nitrogens is 1.